The zero-order chi connectivity index (χ0) is 13.5. The monoisotopic (exact) mass is 290 g/mol. The summed E-state index contributed by atoms with van der Waals surface area (Å²) in [6.45, 7) is 3.42. The van der Waals surface area contributed by atoms with Crippen LogP contribution in [-0.4, -0.2) is 29.3 Å². The van der Waals surface area contributed by atoms with E-state index in [9.17, 15) is 9.59 Å². The van der Waals surface area contributed by atoms with E-state index in [1.165, 1.54) is 18.3 Å². The second-order valence-electron chi connectivity index (χ2n) is 3.48. The van der Waals surface area contributed by atoms with Crippen molar-refractivity contribution >= 4 is 39.9 Å². The quantitative estimate of drug-likeness (QED) is 0.645. The molecule has 0 aliphatic heterocycles. The number of ether oxygens (including phenoxy) is 1. The number of rotatable bonds is 6. The van der Waals surface area contributed by atoms with Crippen LogP contribution >= 0.6 is 22.9 Å². The largest absolute Gasteiger partial charge is 0.461 e. The highest BCUT2D eigenvalue weighted by Crippen LogP contribution is 2.25. The third kappa shape index (κ3) is 4.27. The molecule has 1 N–H and O–H groups in total. The highest BCUT2D eigenvalue weighted by atomic mass is 35.5. The Kier molecular flexibility index (Phi) is 6.07. The number of hydrogen-bond acceptors (Lipinski definition) is 5. The van der Waals surface area contributed by atoms with Crippen LogP contribution in [0.15, 0.2) is 0 Å². The molecule has 1 aromatic rings. The molecule has 0 aliphatic carbocycles. The second kappa shape index (κ2) is 7.33. The summed E-state index contributed by atoms with van der Waals surface area (Å²) in [5.41, 5.74) is 0.274. The lowest BCUT2D eigenvalue weighted by Gasteiger charge is -2.00. The van der Waals surface area contributed by atoms with Crippen molar-refractivity contribution in [2.24, 2.45) is 0 Å². The van der Waals surface area contributed by atoms with Crippen molar-refractivity contribution in [3.8, 4) is 0 Å². The lowest BCUT2D eigenvalue weighted by Crippen LogP contribution is -2.09. The van der Waals surface area contributed by atoms with Gasteiger partial charge in [-0.15, -0.1) is 22.9 Å². The van der Waals surface area contributed by atoms with Crippen LogP contribution in [-0.2, 0) is 16.0 Å². The number of hydrogen-bond donors (Lipinski definition) is 1. The Hall–Kier alpha value is -1.14. The Morgan fingerprint density at radius 1 is 1.50 bits per heavy atom. The van der Waals surface area contributed by atoms with Gasteiger partial charge in [-0.1, -0.05) is 0 Å². The molecule has 7 heteroatoms. The van der Waals surface area contributed by atoms with E-state index in [-0.39, 0.29) is 11.6 Å². The van der Waals surface area contributed by atoms with Gasteiger partial charge in [0, 0.05) is 17.7 Å². The van der Waals surface area contributed by atoms with Crippen molar-refractivity contribution < 1.29 is 14.3 Å². The highest BCUT2D eigenvalue weighted by molar-refractivity contribution is 7.16. The molecule has 0 saturated heterocycles. The van der Waals surface area contributed by atoms with E-state index in [1.54, 1.807) is 6.92 Å². The van der Waals surface area contributed by atoms with Gasteiger partial charge < -0.3 is 10.1 Å². The molecule has 0 aromatic carbocycles. The van der Waals surface area contributed by atoms with Crippen LogP contribution in [0.25, 0.3) is 0 Å². The Morgan fingerprint density at radius 3 is 2.78 bits per heavy atom. The van der Waals surface area contributed by atoms with Crippen LogP contribution in [0.4, 0.5) is 5.13 Å². The molecule has 0 atom stereocenters. The van der Waals surface area contributed by atoms with E-state index in [0.29, 0.717) is 24.0 Å². The number of aryl methyl sites for hydroxylation is 1. The van der Waals surface area contributed by atoms with Gasteiger partial charge in [-0.25, -0.2) is 9.78 Å². The van der Waals surface area contributed by atoms with Gasteiger partial charge in [0.05, 0.1) is 6.61 Å². The van der Waals surface area contributed by atoms with E-state index < -0.39 is 5.97 Å². The van der Waals surface area contributed by atoms with E-state index in [4.69, 9.17) is 16.3 Å². The van der Waals surface area contributed by atoms with E-state index >= 15 is 0 Å². The summed E-state index contributed by atoms with van der Waals surface area (Å²) in [5.74, 6) is -0.173. The van der Waals surface area contributed by atoms with Gasteiger partial charge in [-0.3, -0.25) is 4.79 Å². The lowest BCUT2D eigenvalue weighted by molar-refractivity contribution is -0.114. The summed E-state index contributed by atoms with van der Waals surface area (Å²) < 4.78 is 4.93. The summed E-state index contributed by atoms with van der Waals surface area (Å²) in [6, 6.07) is 0. The standard InChI is InChI=1S/C11H15ClN2O3S/c1-3-17-10(16)9-8(5-4-6-12)18-11(14-9)13-7(2)15/h3-6H2,1-2H3,(H,13,14,15). The first-order valence-electron chi connectivity index (χ1n) is 5.58. The minimum atomic E-state index is -0.463. The summed E-state index contributed by atoms with van der Waals surface area (Å²) in [6.07, 6.45) is 1.39. The van der Waals surface area contributed by atoms with Crippen molar-refractivity contribution in [3.63, 3.8) is 0 Å². The third-order valence-corrected chi connectivity index (χ3v) is 3.28. The number of aromatic nitrogens is 1. The van der Waals surface area contributed by atoms with Gasteiger partial charge >= 0.3 is 5.97 Å². The maximum absolute atomic E-state index is 11.7. The average Bonchev–Trinajstić information content (AvgIpc) is 2.69. The third-order valence-electron chi connectivity index (χ3n) is 1.99. The molecule has 0 saturated carbocycles. The maximum atomic E-state index is 11.7. The minimum Gasteiger partial charge on any atom is -0.461 e. The Bertz CT molecular complexity index is 434. The maximum Gasteiger partial charge on any atom is 0.358 e. The molecule has 100 valence electrons. The van der Waals surface area contributed by atoms with Crippen molar-refractivity contribution in [2.45, 2.75) is 26.7 Å². The smallest absolute Gasteiger partial charge is 0.358 e. The molecular formula is C11H15ClN2O3S. The molecule has 18 heavy (non-hydrogen) atoms. The molecule has 1 heterocycles. The fourth-order valence-corrected chi connectivity index (χ4v) is 2.48. The number of amides is 1. The van der Waals surface area contributed by atoms with Gasteiger partial charge in [0.15, 0.2) is 10.8 Å². The Balaban J connectivity index is 2.92. The minimum absolute atomic E-state index is 0.219. The fourth-order valence-electron chi connectivity index (χ4n) is 1.31. The predicted molar refractivity (Wildman–Crippen MR) is 71.4 cm³/mol. The molecule has 0 unspecified atom stereocenters. The number of nitrogens with zero attached hydrogens (tertiary/aromatic N) is 1. The van der Waals surface area contributed by atoms with Gasteiger partial charge in [0.1, 0.15) is 0 Å². The summed E-state index contributed by atoms with van der Waals surface area (Å²) in [4.78, 5) is 27.5. The van der Waals surface area contributed by atoms with Crippen LogP contribution < -0.4 is 5.32 Å². The van der Waals surface area contributed by atoms with E-state index in [1.807, 2.05) is 0 Å². The number of thiazole rings is 1. The number of alkyl halides is 1. The van der Waals surface area contributed by atoms with Crippen molar-refractivity contribution in [3.05, 3.63) is 10.6 Å². The summed E-state index contributed by atoms with van der Waals surface area (Å²) >= 11 is 6.91. The van der Waals surface area contributed by atoms with Crippen LogP contribution in [0, 0.1) is 0 Å². The zero-order valence-electron chi connectivity index (χ0n) is 10.3. The Morgan fingerprint density at radius 2 is 2.22 bits per heavy atom. The van der Waals surface area contributed by atoms with E-state index in [2.05, 4.69) is 10.3 Å². The van der Waals surface area contributed by atoms with Crippen molar-refractivity contribution in [2.75, 3.05) is 17.8 Å². The first-order chi connectivity index (χ1) is 8.58. The number of nitrogens with one attached hydrogen (secondary N) is 1. The lowest BCUT2D eigenvalue weighted by atomic mass is 10.2. The Labute approximate surface area is 115 Å². The number of halogens is 1. The molecule has 0 bridgehead atoms. The topological polar surface area (TPSA) is 68.3 Å². The number of carbonyl (C=O) groups excluding carboxylic acids is 2. The first kappa shape index (κ1) is 14.9. The van der Waals surface area contributed by atoms with Crippen molar-refractivity contribution in [1.82, 2.24) is 4.98 Å². The van der Waals surface area contributed by atoms with Crippen LogP contribution in [0.5, 0.6) is 0 Å². The SMILES string of the molecule is CCOC(=O)c1nc(NC(C)=O)sc1CCCCl. The van der Waals surface area contributed by atoms with Crippen LogP contribution in [0.3, 0.4) is 0 Å². The van der Waals surface area contributed by atoms with Crippen LogP contribution in [0.1, 0.15) is 35.6 Å². The molecule has 1 rings (SSSR count). The molecule has 0 aliphatic rings. The molecule has 0 spiro atoms. The first-order valence-corrected chi connectivity index (χ1v) is 6.94. The summed E-state index contributed by atoms with van der Waals surface area (Å²) in [7, 11) is 0. The van der Waals surface area contributed by atoms with Gasteiger partial charge in [-0.05, 0) is 19.8 Å². The molecule has 5 nitrogen and oxygen atoms in total. The molecule has 0 fully saturated rings. The number of carbonyl (C=O) groups is 2. The predicted octanol–water partition coefficient (Wildman–Crippen LogP) is 2.45. The normalized spacial score (nSPS) is 10.2. The second-order valence-corrected chi connectivity index (χ2v) is 4.95. The van der Waals surface area contributed by atoms with Crippen molar-refractivity contribution in [1.29, 1.82) is 0 Å². The van der Waals surface area contributed by atoms with Crippen LogP contribution in [0.2, 0.25) is 0 Å². The molecule has 0 radical (unpaired) electrons. The fraction of sp³-hybridized carbons (Fsp3) is 0.545. The van der Waals surface area contributed by atoms with Gasteiger partial charge in [0.25, 0.3) is 0 Å². The van der Waals surface area contributed by atoms with Gasteiger partial charge in [0.2, 0.25) is 5.91 Å². The number of esters is 1. The molecule has 1 aromatic heterocycles. The zero-order valence-corrected chi connectivity index (χ0v) is 11.9. The number of anilines is 1. The molecule has 1 amide bonds. The molecular weight excluding hydrogens is 276 g/mol. The van der Waals surface area contributed by atoms with E-state index in [0.717, 1.165) is 11.3 Å². The average molecular weight is 291 g/mol. The summed E-state index contributed by atoms with van der Waals surface area (Å²) in [5, 5.41) is 2.98. The highest BCUT2D eigenvalue weighted by Gasteiger charge is 2.19. The van der Waals surface area contributed by atoms with Gasteiger partial charge in [-0.2, -0.15) is 0 Å².